The Morgan fingerprint density at radius 1 is 0.921 bits per heavy atom. The molecule has 210 valence electrons. The van der Waals surface area contributed by atoms with Crippen LogP contribution in [0.2, 0.25) is 0 Å². The van der Waals surface area contributed by atoms with Crippen LogP contribution in [0.3, 0.4) is 0 Å². The van der Waals surface area contributed by atoms with E-state index in [1.165, 1.54) is 57.8 Å². The average molecular weight is 525 g/mol. The topological polar surface area (TPSA) is 72.8 Å². The molecule has 38 heavy (non-hydrogen) atoms. The highest BCUT2D eigenvalue weighted by atomic mass is 16.5. The lowest BCUT2D eigenvalue weighted by Gasteiger charge is -2.41. The van der Waals surface area contributed by atoms with Gasteiger partial charge in [0.05, 0.1) is 18.3 Å². The minimum atomic E-state index is -0.959. The molecule has 0 radical (unpaired) electrons. The van der Waals surface area contributed by atoms with Gasteiger partial charge in [-0.1, -0.05) is 76.4 Å². The van der Waals surface area contributed by atoms with E-state index in [4.69, 9.17) is 9.47 Å². The van der Waals surface area contributed by atoms with E-state index in [9.17, 15) is 14.7 Å². The summed E-state index contributed by atoms with van der Waals surface area (Å²) in [5.41, 5.74) is 2.50. The quantitative estimate of drug-likeness (QED) is 0.126. The molecule has 1 aromatic carbocycles. The first-order valence-electron chi connectivity index (χ1n) is 14.3. The van der Waals surface area contributed by atoms with Crippen LogP contribution in [0.15, 0.2) is 58.7 Å². The van der Waals surface area contributed by atoms with Gasteiger partial charge in [-0.15, -0.1) is 0 Å². The number of benzene rings is 1. The largest absolute Gasteiger partial charge is 0.494 e. The van der Waals surface area contributed by atoms with Gasteiger partial charge in [-0.3, -0.25) is 4.79 Å². The normalized spacial score (nSPS) is 19.9. The molecule has 0 saturated carbocycles. The molecule has 1 aliphatic carbocycles. The van der Waals surface area contributed by atoms with Crippen LogP contribution in [0.5, 0.6) is 5.75 Å². The van der Waals surface area contributed by atoms with Gasteiger partial charge in [-0.2, -0.15) is 0 Å². The lowest BCUT2D eigenvalue weighted by molar-refractivity contribution is -0.132. The van der Waals surface area contributed by atoms with Crippen molar-refractivity contribution >= 4 is 11.8 Å². The van der Waals surface area contributed by atoms with Crippen molar-refractivity contribution < 1.29 is 24.2 Å². The van der Waals surface area contributed by atoms with E-state index in [1.807, 2.05) is 39.0 Å². The molecule has 0 spiro atoms. The third kappa shape index (κ3) is 8.42. The maximum Gasteiger partial charge on any atom is 0.335 e. The number of ketones is 1. The predicted octanol–water partition coefficient (Wildman–Crippen LogP) is 8.50. The van der Waals surface area contributed by atoms with Gasteiger partial charge < -0.3 is 14.6 Å². The summed E-state index contributed by atoms with van der Waals surface area (Å²) in [6, 6.07) is 7.27. The fourth-order valence-electron chi connectivity index (χ4n) is 5.47. The Bertz CT molecular complexity index is 1010. The monoisotopic (exact) mass is 524 g/mol. The molecule has 0 saturated heterocycles. The second-order valence-electron chi connectivity index (χ2n) is 10.8. The number of hydrogen-bond acceptors (Lipinski definition) is 4. The molecule has 0 heterocycles. The lowest BCUT2D eigenvalue weighted by atomic mass is 9.67. The second-order valence-corrected chi connectivity index (χ2v) is 10.8. The molecule has 2 atom stereocenters. The van der Waals surface area contributed by atoms with Crippen LogP contribution in [0.1, 0.15) is 109 Å². The summed E-state index contributed by atoms with van der Waals surface area (Å²) in [6.07, 6.45) is 15.9. The smallest absolute Gasteiger partial charge is 0.335 e. The van der Waals surface area contributed by atoms with Crippen molar-refractivity contribution in [1.82, 2.24) is 0 Å². The van der Waals surface area contributed by atoms with Crippen LogP contribution in [0, 0.1) is 5.41 Å². The van der Waals surface area contributed by atoms with Crippen LogP contribution in [-0.4, -0.2) is 36.7 Å². The molecule has 0 fully saturated rings. The van der Waals surface area contributed by atoms with Gasteiger partial charge in [0.2, 0.25) is 0 Å². The fraction of sp³-hybridized carbons (Fsp3) is 0.576. The van der Waals surface area contributed by atoms with Gasteiger partial charge >= 0.3 is 5.97 Å². The molecule has 1 aromatic rings. The van der Waals surface area contributed by atoms with Crippen molar-refractivity contribution in [2.75, 3.05) is 13.7 Å². The number of hydrogen-bond donors (Lipinski definition) is 1. The number of carbonyl (C=O) groups excluding carboxylic acids is 1. The highest BCUT2D eigenvalue weighted by Gasteiger charge is 2.42. The Balaban J connectivity index is 1.86. The van der Waals surface area contributed by atoms with Crippen molar-refractivity contribution in [3.8, 4) is 5.75 Å². The van der Waals surface area contributed by atoms with E-state index in [0.717, 1.165) is 17.7 Å². The Kier molecular flexibility index (Phi) is 13.0. The molecule has 0 bridgehead atoms. The number of carbonyl (C=O) groups is 2. The van der Waals surface area contributed by atoms with E-state index in [-0.39, 0.29) is 5.78 Å². The SMILES string of the molecule is CCCCCCCCCCCCOc1ccc(C(=O)C=CC2(C)C(C)=C(C)C(C(=O)O)=C(C)C2OC)cc1. The van der Waals surface area contributed by atoms with E-state index in [0.29, 0.717) is 28.9 Å². The van der Waals surface area contributed by atoms with Gasteiger partial charge in [-0.05, 0) is 75.6 Å². The molecule has 2 unspecified atom stereocenters. The summed E-state index contributed by atoms with van der Waals surface area (Å²) >= 11 is 0. The Morgan fingerprint density at radius 2 is 1.47 bits per heavy atom. The molecule has 5 heteroatoms. The minimum absolute atomic E-state index is 0.113. The first kappa shape index (κ1) is 31.6. The first-order valence-corrected chi connectivity index (χ1v) is 14.3. The zero-order valence-corrected chi connectivity index (χ0v) is 24.4. The molecule has 2 rings (SSSR count). The van der Waals surface area contributed by atoms with Crippen molar-refractivity contribution in [3.05, 3.63) is 64.3 Å². The van der Waals surface area contributed by atoms with Gasteiger partial charge in [0.25, 0.3) is 0 Å². The summed E-state index contributed by atoms with van der Waals surface area (Å²) < 4.78 is 11.6. The highest BCUT2D eigenvalue weighted by Crippen LogP contribution is 2.45. The number of ether oxygens (including phenoxy) is 2. The van der Waals surface area contributed by atoms with Crippen LogP contribution in [0.4, 0.5) is 0 Å². The van der Waals surface area contributed by atoms with E-state index in [1.54, 1.807) is 32.2 Å². The second kappa shape index (κ2) is 15.7. The van der Waals surface area contributed by atoms with Gasteiger partial charge in [-0.25, -0.2) is 4.79 Å². The van der Waals surface area contributed by atoms with Crippen molar-refractivity contribution in [2.24, 2.45) is 5.41 Å². The summed E-state index contributed by atoms with van der Waals surface area (Å²) in [5, 5.41) is 9.68. The number of carboxylic acids is 1. The van der Waals surface area contributed by atoms with Crippen LogP contribution in [-0.2, 0) is 9.53 Å². The van der Waals surface area contributed by atoms with Crippen LogP contribution >= 0.6 is 0 Å². The molecule has 0 aliphatic heterocycles. The zero-order chi connectivity index (χ0) is 28.1. The molecule has 0 aromatic heterocycles. The Hall–Kier alpha value is -2.66. The van der Waals surface area contributed by atoms with Gasteiger partial charge in [0.15, 0.2) is 5.78 Å². The fourth-order valence-corrected chi connectivity index (χ4v) is 5.47. The molecule has 1 aliphatic rings. The van der Waals surface area contributed by atoms with E-state index in [2.05, 4.69) is 6.92 Å². The lowest BCUT2D eigenvalue weighted by Crippen LogP contribution is -2.39. The summed E-state index contributed by atoms with van der Waals surface area (Å²) in [6.45, 7) is 10.4. The third-order valence-corrected chi connectivity index (χ3v) is 8.01. The van der Waals surface area contributed by atoms with Crippen molar-refractivity contribution in [1.29, 1.82) is 0 Å². The zero-order valence-electron chi connectivity index (χ0n) is 24.4. The maximum absolute atomic E-state index is 12.9. The van der Waals surface area contributed by atoms with Gasteiger partial charge in [0, 0.05) is 18.1 Å². The number of methoxy groups -OCH3 is 1. The molecular formula is C33H48O5. The average Bonchev–Trinajstić information content (AvgIpc) is 2.89. The molecular weight excluding hydrogens is 476 g/mol. The number of allylic oxidation sites excluding steroid dienone is 1. The van der Waals surface area contributed by atoms with Crippen molar-refractivity contribution in [3.63, 3.8) is 0 Å². The first-order chi connectivity index (χ1) is 18.2. The minimum Gasteiger partial charge on any atom is -0.494 e. The standard InChI is InChI=1S/C33H48O5/c1-7-8-9-10-11-12-13-14-15-16-23-38-28-19-17-27(18-20-28)29(34)21-22-33(5)26(4)24(2)30(32(35)36)25(3)31(33)37-6/h17-22,31H,7-16,23H2,1-6H3,(H,35,36). The van der Waals surface area contributed by atoms with Crippen molar-refractivity contribution in [2.45, 2.75) is 105 Å². The summed E-state index contributed by atoms with van der Waals surface area (Å²) in [4.78, 5) is 24.8. The Labute approximate surface area is 230 Å². The molecule has 5 nitrogen and oxygen atoms in total. The van der Waals surface area contributed by atoms with Crippen LogP contribution in [0.25, 0.3) is 0 Å². The Morgan fingerprint density at radius 3 is 2.00 bits per heavy atom. The van der Waals surface area contributed by atoms with E-state index < -0.39 is 17.5 Å². The van der Waals surface area contributed by atoms with E-state index >= 15 is 0 Å². The number of carboxylic acid groups (broad SMARTS) is 1. The predicted molar refractivity (Wildman–Crippen MR) is 155 cm³/mol. The number of aliphatic carboxylic acids is 1. The summed E-state index contributed by atoms with van der Waals surface area (Å²) in [7, 11) is 1.57. The number of rotatable bonds is 17. The highest BCUT2D eigenvalue weighted by molar-refractivity contribution is 6.04. The number of unbranched alkanes of at least 4 members (excludes halogenated alkanes) is 9. The molecule has 0 amide bonds. The summed E-state index contributed by atoms with van der Waals surface area (Å²) in [5.74, 6) is -0.297. The van der Waals surface area contributed by atoms with Gasteiger partial charge in [0.1, 0.15) is 5.75 Å². The van der Waals surface area contributed by atoms with Crippen LogP contribution < -0.4 is 4.74 Å². The third-order valence-electron chi connectivity index (χ3n) is 8.01. The molecule has 1 N–H and O–H groups in total. The maximum atomic E-state index is 12.9.